The third kappa shape index (κ3) is 3.39. The summed E-state index contributed by atoms with van der Waals surface area (Å²) in [5, 5.41) is 0.736. The molecule has 4 rings (SSSR count). The quantitative estimate of drug-likeness (QED) is 0.532. The number of fused-ring (bicyclic) bond motifs is 2. The fraction of sp³-hybridized carbons (Fsp3) is 0.524. The van der Waals surface area contributed by atoms with Gasteiger partial charge in [0.25, 0.3) is 0 Å². The second kappa shape index (κ2) is 7.09. The van der Waals surface area contributed by atoms with Crippen LogP contribution in [0.3, 0.4) is 0 Å². The number of carbonyl (C=O) groups is 1. The van der Waals surface area contributed by atoms with Gasteiger partial charge in [-0.3, -0.25) is 9.69 Å². The van der Waals surface area contributed by atoms with Crippen molar-refractivity contribution >= 4 is 26.8 Å². The number of aryl methyl sites for hydroxylation is 2. The van der Waals surface area contributed by atoms with Crippen molar-refractivity contribution in [1.82, 2.24) is 4.90 Å². The van der Waals surface area contributed by atoms with Gasteiger partial charge in [-0.05, 0) is 38.8 Å². The van der Waals surface area contributed by atoms with Crippen LogP contribution in [0.25, 0.3) is 11.0 Å². The molecule has 2 aromatic rings. The summed E-state index contributed by atoms with van der Waals surface area (Å²) in [7, 11) is -1.77. The number of hydrogen-bond acceptors (Lipinski definition) is 8. The van der Waals surface area contributed by atoms with E-state index in [0.29, 0.717) is 29.9 Å². The Balaban J connectivity index is 1.78. The molecule has 2 aliphatic heterocycles. The Labute approximate surface area is 174 Å². The van der Waals surface area contributed by atoms with E-state index in [1.54, 1.807) is 6.92 Å². The molecular weight excluding hydrogens is 410 g/mol. The molecule has 8 nitrogen and oxygen atoms in total. The van der Waals surface area contributed by atoms with Crippen LogP contribution in [0.4, 0.5) is 0 Å². The third-order valence-electron chi connectivity index (χ3n) is 6.35. The van der Waals surface area contributed by atoms with Crippen molar-refractivity contribution in [2.75, 3.05) is 25.3 Å². The predicted molar refractivity (Wildman–Crippen MR) is 110 cm³/mol. The molecule has 1 fully saturated rings. The number of benzene rings is 1. The zero-order valence-corrected chi connectivity index (χ0v) is 18.3. The molecule has 0 unspecified atom stereocenters. The van der Waals surface area contributed by atoms with Crippen LogP contribution in [0.15, 0.2) is 15.3 Å². The Morgan fingerprint density at radius 3 is 2.67 bits per heavy atom. The van der Waals surface area contributed by atoms with E-state index in [1.807, 2.05) is 19.9 Å². The monoisotopic (exact) mass is 435 g/mol. The molecule has 1 aromatic carbocycles. The molecule has 0 N–H and O–H groups in total. The fourth-order valence-electron chi connectivity index (χ4n) is 4.45. The lowest BCUT2D eigenvalue weighted by molar-refractivity contribution is -0.139. The summed E-state index contributed by atoms with van der Waals surface area (Å²) in [5.41, 5.74) is 1.96. The van der Waals surface area contributed by atoms with Crippen molar-refractivity contribution in [3.63, 3.8) is 0 Å². The largest absolute Gasteiger partial charge is 0.477 e. The Morgan fingerprint density at radius 2 is 2.03 bits per heavy atom. The highest BCUT2D eigenvalue weighted by atomic mass is 32.2. The molecule has 1 aromatic heterocycles. The van der Waals surface area contributed by atoms with E-state index in [-0.39, 0.29) is 30.2 Å². The van der Waals surface area contributed by atoms with Crippen LogP contribution >= 0.6 is 0 Å². The van der Waals surface area contributed by atoms with Gasteiger partial charge >= 0.3 is 11.6 Å². The van der Waals surface area contributed by atoms with Crippen LogP contribution in [-0.2, 0) is 32.3 Å². The van der Waals surface area contributed by atoms with Gasteiger partial charge < -0.3 is 13.9 Å². The van der Waals surface area contributed by atoms with Crippen LogP contribution in [0.2, 0.25) is 0 Å². The van der Waals surface area contributed by atoms with Gasteiger partial charge in [0, 0.05) is 28.6 Å². The second-order valence-corrected chi connectivity index (χ2v) is 10.6. The summed E-state index contributed by atoms with van der Waals surface area (Å²) in [6.07, 6.45) is 0.410. The van der Waals surface area contributed by atoms with E-state index in [1.165, 1.54) is 7.11 Å². The average Bonchev–Trinajstić information content (AvgIpc) is 2.99. The summed E-state index contributed by atoms with van der Waals surface area (Å²) in [6, 6.07) is 1.91. The number of hydrogen-bond donors (Lipinski definition) is 0. The summed E-state index contributed by atoms with van der Waals surface area (Å²) in [5.74, 6) is 0.448. The average molecular weight is 435 g/mol. The zero-order chi connectivity index (χ0) is 21.8. The number of sulfone groups is 1. The first-order valence-electron chi connectivity index (χ1n) is 9.78. The van der Waals surface area contributed by atoms with E-state index in [9.17, 15) is 18.0 Å². The minimum Gasteiger partial charge on any atom is -0.477 e. The summed E-state index contributed by atoms with van der Waals surface area (Å²) < 4.78 is 40.3. The normalized spacial score (nSPS) is 23.2. The van der Waals surface area contributed by atoms with Gasteiger partial charge in [0.15, 0.2) is 9.84 Å². The van der Waals surface area contributed by atoms with Crippen LogP contribution < -0.4 is 10.4 Å². The topological polar surface area (TPSA) is 103 Å². The molecule has 1 saturated heterocycles. The summed E-state index contributed by atoms with van der Waals surface area (Å²) in [4.78, 5) is 26.2. The molecule has 30 heavy (non-hydrogen) atoms. The van der Waals surface area contributed by atoms with E-state index >= 15 is 0 Å². The van der Waals surface area contributed by atoms with E-state index in [0.717, 1.165) is 16.5 Å². The van der Waals surface area contributed by atoms with Crippen molar-refractivity contribution in [3.05, 3.63) is 38.7 Å². The van der Waals surface area contributed by atoms with Crippen molar-refractivity contribution in [2.45, 2.75) is 45.7 Å². The highest BCUT2D eigenvalue weighted by Gasteiger charge is 2.44. The first-order valence-corrected chi connectivity index (χ1v) is 11.6. The van der Waals surface area contributed by atoms with Crippen LogP contribution in [0, 0.1) is 13.8 Å². The Morgan fingerprint density at radius 1 is 1.30 bits per heavy atom. The maximum atomic E-state index is 12.5. The number of carbonyl (C=O) groups excluding carboxylic acids is 1. The van der Waals surface area contributed by atoms with Gasteiger partial charge in [-0.2, -0.15) is 0 Å². The van der Waals surface area contributed by atoms with Gasteiger partial charge in [0.1, 0.15) is 18.1 Å². The molecule has 0 saturated carbocycles. The number of ether oxygens (including phenoxy) is 2. The summed E-state index contributed by atoms with van der Waals surface area (Å²) >= 11 is 0. The van der Waals surface area contributed by atoms with E-state index in [2.05, 4.69) is 4.90 Å². The minimum atomic E-state index is -3.05. The highest BCUT2D eigenvalue weighted by molar-refractivity contribution is 7.91. The van der Waals surface area contributed by atoms with Gasteiger partial charge in [-0.25, -0.2) is 13.2 Å². The van der Waals surface area contributed by atoms with E-state index in [4.69, 9.17) is 13.9 Å². The molecule has 162 valence electrons. The molecule has 0 amide bonds. The molecule has 0 aliphatic carbocycles. The molecule has 1 atom stereocenters. The van der Waals surface area contributed by atoms with Crippen molar-refractivity contribution < 1.29 is 27.1 Å². The van der Waals surface area contributed by atoms with Gasteiger partial charge in [-0.15, -0.1) is 0 Å². The highest BCUT2D eigenvalue weighted by Crippen LogP contribution is 2.39. The molecule has 0 bridgehead atoms. The van der Waals surface area contributed by atoms with E-state index < -0.39 is 27.0 Å². The van der Waals surface area contributed by atoms with Gasteiger partial charge in [0.05, 0.1) is 30.6 Å². The minimum absolute atomic E-state index is 0.114. The number of esters is 1. The molecular formula is C21H25NO7S. The number of methoxy groups -OCH3 is 1. The molecule has 0 radical (unpaired) electrons. The molecule has 2 aliphatic rings. The number of nitrogens with zero attached hydrogens (tertiary/aromatic N) is 1. The lowest BCUT2D eigenvalue weighted by Crippen LogP contribution is -2.50. The first kappa shape index (κ1) is 20.9. The molecule has 0 spiro atoms. The van der Waals surface area contributed by atoms with Gasteiger partial charge in [0.2, 0.25) is 0 Å². The Bertz CT molecular complexity index is 1210. The lowest BCUT2D eigenvalue weighted by Gasteiger charge is -2.40. The lowest BCUT2D eigenvalue weighted by atomic mass is 9.95. The standard InChI is InChI=1S/C21H25NO7S/c1-12-15-7-14-9-22(21(3)5-6-30(25,26)10-21)11-28-18(14)13(2)19(15)29-20(24)16(12)8-17(23)27-4/h7H,5-6,8-11H2,1-4H3/t21-/m0/s1. The van der Waals surface area contributed by atoms with Crippen molar-refractivity contribution in [2.24, 2.45) is 0 Å². The van der Waals surface area contributed by atoms with Crippen LogP contribution in [0.5, 0.6) is 5.75 Å². The molecule has 9 heteroatoms. The van der Waals surface area contributed by atoms with Crippen LogP contribution in [-0.4, -0.2) is 50.2 Å². The van der Waals surface area contributed by atoms with Crippen molar-refractivity contribution in [1.29, 1.82) is 0 Å². The van der Waals surface area contributed by atoms with Crippen LogP contribution in [0.1, 0.15) is 35.6 Å². The predicted octanol–water partition coefficient (Wildman–Crippen LogP) is 1.85. The third-order valence-corrected chi connectivity index (χ3v) is 8.24. The zero-order valence-electron chi connectivity index (χ0n) is 17.5. The fourth-order valence-corrected chi connectivity index (χ4v) is 6.62. The van der Waals surface area contributed by atoms with Crippen molar-refractivity contribution in [3.8, 4) is 5.75 Å². The first-order chi connectivity index (χ1) is 14.0. The maximum absolute atomic E-state index is 12.5. The second-order valence-electron chi connectivity index (χ2n) is 8.42. The number of rotatable bonds is 3. The Hall–Kier alpha value is -2.39. The molecule has 3 heterocycles. The van der Waals surface area contributed by atoms with Gasteiger partial charge in [-0.1, -0.05) is 0 Å². The smallest absolute Gasteiger partial charge is 0.340 e. The SMILES string of the molecule is COC(=O)Cc1c(C)c2cc3c(c(C)c2oc1=O)OCN([C@@]1(C)CCS(=O)(=O)C1)C3. The Kier molecular flexibility index (Phi) is 4.93. The maximum Gasteiger partial charge on any atom is 0.340 e. The summed E-state index contributed by atoms with van der Waals surface area (Å²) in [6.45, 7) is 6.38.